The van der Waals surface area contributed by atoms with Crippen molar-refractivity contribution in [3.8, 4) is 16.9 Å². The molecule has 0 radical (unpaired) electrons. The zero-order valence-corrected chi connectivity index (χ0v) is 22.3. The van der Waals surface area contributed by atoms with Crippen molar-refractivity contribution in [2.45, 2.75) is 18.6 Å². The molecule has 5 rings (SSSR count). The third-order valence-corrected chi connectivity index (χ3v) is 7.29. The van der Waals surface area contributed by atoms with Crippen LogP contribution < -0.4 is 20.7 Å². The van der Waals surface area contributed by atoms with Gasteiger partial charge in [-0.15, -0.1) is 0 Å². The molecule has 1 fully saturated rings. The lowest BCUT2D eigenvalue weighted by molar-refractivity contribution is -0.137. The van der Waals surface area contributed by atoms with Crippen LogP contribution in [-0.4, -0.2) is 61.1 Å². The van der Waals surface area contributed by atoms with Crippen LogP contribution in [0.1, 0.15) is 22.3 Å². The number of hydrogen-bond acceptors (Lipinski definition) is 7. The molecule has 1 aliphatic heterocycles. The number of hydrogen-bond donors (Lipinski definition) is 2. The van der Waals surface area contributed by atoms with Crippen LogP contribution in [0.25, 0.3) is 21.9 Å². The Bertz CT molecular complexity index is 1560. The first-order chi connectivity index (χ1) is 19.1. The van der Waals surface area contributed by atoms with Gasteiger partial charge in [0.2, 0.25) is 5.95 Å². The van der Waals surface area contributed by atoms with Gasteiger partial charge in [0.15, 0.2) is 0 Å². The maximum absolute atomic E-state index is 13.8. The van der Waals surface area contributed by atoms with Crippen LogP contribution in [0.15, 0.2) is 60.9 Å². The van der Waals surface area contributed by atoms with E-state index in [9.17, 15) is 18.0 Å². The van der Waals surface area contributed by atoms with Gasteiger partial charge >= 0.3 is 6.18 Å². The highest BCUT2D eigenvalue weighted by Gasteiger charge is 2.33. The first kappa shape index (κ1) is 27.2. The quantitative estimate of drug-likeness (QED) is 0.336. The average molecular weight is 551 g/mol. The number of carbonyl (C=O) groups is 1. The van der Waals surface area contributed by atoms with E-state index < -0.39 is 17.6 Å². The normalized spacial score (nSPS) is 15.8. The molecule has 0 bridgehead atoms. The summed E-state index contributed by atoms with van der Waals surface area (Å²) in [5, 5.41) is 4.20. The molecule has 8 nitrogen and oxygen atoms in total. The summed E-state index contributed by atoms with van der Waals surface area (Å²) in [5.41, 5.74) is 6.79. The van der Waals surface area contributed by atoms with E-state index >= 15 is 0 Å². The molecular formula is C29H29F3N6O2. The smallest absolute Gasteiger partial charge is 0.416 e. The number of methoxy groups -OCH3 is 1. The number of carbonyl (C=O) groups excluding carboxylic acids is 1. The third kappa shape index (κ3) is 5.24. The van der Waals surface area contributed by atoms with Gasteiger partial charge in [-0.3, -0.25) is 4.79 Å². The van der Waals surface area contributed by atoms with Gasteiger partial charge in [-0.05, 0) is 55.2 Å². The van der Waals surface area contributed by atoms with E-state index in [2.05, 4.69) is 20.2 Å². The summed E-state index contributed by atoms with van der Waals surface area (Å²) in [4.78, 5) is 26.1. The van der Waals surface area contributed by atoms with Gasteiger partial charge in [0.25, 0.3) is 5.91 Å². The van der Waals surface area contributed by atoms with Crippen LogP contribution in [-0.2, 0) is 6.18 Å². The van der Waals surface area contributed by atoms with Crippen molar-refractivity contribution < 1.29 is 22.7 Å². The fourth-order valence-electron chi connectivity index (χ4n) is 5.19. The number of likely N-dealkylation sites (tertiary alicyclic amines) is 1. The highest BCUT2D eigenvalue weighted by molar-refractivity contribution is 6.14. The minimum Gasteiger partial charge on any atom is -0.495 e. The third-order valence-electron chi connectivity index (χ3n) is 7.29. The van der Waals surface area contributed by atoms with E-state index in [1.807, 2.05) is 43.3 Å². The predicted molar refractivity (Wildman–Crippen MR) is 150 cm³/mol. The summed E-state index contributed by atoms with van der Waals surface area (Å²) in [6.45, 7) is 1.64. The number of ether oxygens (including phenoxy) is 1. The van der Waals surface area contributed by atoms with Crippen molar-refractivity contribution in [1.82, 2.24) is 14.9 Å². The van der Waals surface area contributed by atoms with Crippen molar-refractivity contribution in [2.24, 2.45) is 0 Å². The van der Waals surface area contributed by atoms with E-state index in [4.69, 9.17) is 10.5 Å². The van der Waals surface area contributed by atoms with Gasteiger partial charge in [-0.2, -0.15) is 13.2 Å². The monoisotopic (exact) mass is 550 g/mol. The summed E-state index contributed by atoms with van der Waals surface area (Å²) in [6, 6.07) is 12.5. The zero-order chi connectivity index (χ0) is 28.6. The first-order valence-electron chi connectivity index (χ1n) is 12.7. The Morgan fingerprint density at radius 2 is 1.82 bits per heavy atom. The number of amides is 1. The highest BCUT2D eigenvalue weighted by Crippen LogP contribution is 2.40. The maximum atomic E-state index is 13.8. The Kier molecular flexibility index (Phi) is 7.24. The van der Waals surface area contributed by atoms with Gasteiger partial charge in [0.1, 0.15) is 5.75 Å². The molecule has 1 atom stereocenters. The van der Waals surface area contributed by atoms with Gasteiger partial charge < -0.3 is 25.6 Å². The topological polar surface area (TPSA) is 96.6 Å². The minimum absolute atomic E-state index is 0.0597. The molecule has 0 saturated carbocycles. The molecule has 1 amide bonds. The van der Waals surface area contributed by atoms with Crippen molar-refractivity contribution in [3.63, 3.8) is 0 Å². The number of likely N-dealkylation sites (N-methyl/N-ethyl adjacent to an activating group) is 2. The molecule has 1 saturated heterocycles. The fraction of sp³-hybridized carbons (Fsp3) is 0.276. The molecule has 1 unspecified atom stereocenters. The predicted octanol–water partition coefficient (Wildman–Crippen LogP) is 5.30. The summed E-state index contributed by atoms with van der Waals surface area (Å²) in [6.07, 6.45) is -0.618. The van der Waals surface area contributed by atoms with Crippen LogP contribution in [0, 0.1) is 0 Å². The van der Waals surface area contributed by atoms with E-state index in [0.717, 1.165) is 37.0 Å². The molecule has 0 aliphatic carbocycles. The molecule has 0 spiro atoms. The van der Waals surface area contributed by atoms with Crippen LogP contribution in [0.5, 0.6) is 5.75 Å². The molecule has 4 aromatic rings. The molecule has 3 aromatic carbocycles. The summed E-state index contributed by atoms with van der Waals surface area (Å²) < 4.78 is 46.8. The number of nitrogens with one attached hydrogen (secondary N) is 1. The SMILES string of the molecule is COc1c(C(=O)Nc2cc(C(F)(F)F)ccc2N(C)C2CCN(C)C2)cc(-c2cnc(N)nc2)c2ccccc12. The van der Waals surface area contributed by atoms with Crippen molar-refractivity contribution in [3.05, 3.63) is 72.1 Å². The Morgan fingerprint density at radius 3 is 2.45 bits per heavy atom. The first-order valence-corrected chi connectivity index (χ1v) is 12.7. The Hall–Kier alpha value is -4.38. The number of halogens is 3. The van der Waals surface area contributed by atoms with Crippen LogP contribution in [0.2, 0.25) is 0 Å². The molecule has 3 N–H and O–H groups in total. The lowest BCUT2D eigenvalue weighted by Crippen LogP contribution is -2.34. The van der Waals surface area contributed by atoms with Crippen molar-refractivity contribution >= 4 is 34.0 Å². The number of benzene rings is 3. The fourth-order valence-corrected chi connectivity index (χ4v) is 5.19. The van der Waals surface area contributed by atoms with Crippen LogP contribution in [0.4, 0.5) is 30.5 Å². The highest BCUT2D eigenvalue weighted by atomic mass is 19.4. The Balaban J connectivity index is 1.61. The Labute approximate surface area is 229 Å². The number of alkyl halides is 3. The van der Waals surface area contributed by atoms with Gasteiger partial charge in [0, 0.05) is 43.0 Å². The van der Waals surface area contributed by atoms with E-state index in [-0.39, 0.29) is 23.2 Å². The summed E-state index contributed by atoms with van der Waals surface area (Å²) in [7, 11) is 5.28. The van der Waals surface area contributed by atoms with Crippen molar-refractivity contribution in [1.29, 1.82) is 0 Å². The largest absolute Gasteiger partial charge is 0.495 e. The summed E-state index contributed by atoms with van der Waals surface area (Å²) >= 11 is 0. The minimum atomic E-state index is -4.58. The number of fused-ring (bicyclic) bond motifs is 1. The van der Waals surface area contributed by atoms with E-state index in [1.54, 1.807) is 18.5 Å². The van der Waals surface area contributed by atoms with Gasteiger partial charge in [-0.25, -0.2) is 9.97 Å². The van der Waals surface area contributed by atoms with Gasteiger partial charge in [-0.1, -0.05) is 24.3 Å². The number of nitrogen functional groups attached to an aromatic ring is 1. The second-order valence-corrected chi connectivity index (χ2v) is 9.88. The maximum Gasteiger partial charge on any atom is 0.416 e. The molecule has 2 heterocycles. The molecule has 208 valence electrons. The lowest BCUT2D eigenvalue weighted by atomic mass is 9.95. The number of aromatic nitrogens is 2. The number of anilines is 3. The van der Waals surface area contributed by atoms with Gasteiger partial charge in [0.05, 0.1) is 29.6 Å². The zero-order valence-electron chi connectivity index (χ0n) is 22.3. The molecule has 1 aliphatic rings. The standard InChI is InChI=1S/C29H29F3N6O2/c1-37-11-10-19(16-37)38(2)25-9-8-18(29(30,31)32)12-24(25)36-27(39)23-13-22(17-14-34-28(33)35-15-17)20-6-4-5-7-21(20)26(23)40-3/h4-9,12-15,19H,10-11,16H2,1-3H3,(H,36,39)(H2,33,34,35). The van der Waals surface area contributed by atoms with Crippen molar-refractivity contribution in [2.75, 3.05) is 50.2 Å². The number of nitrogens with two attached hydrogens (primary N) is 1. The Morgan fingerprint density at radius 1 is 1.12 bits per heavy atom. The second kappa shape index (κ2) is 10.6. The summed E-state index contributed by atoms with van der Waals surface area (Å²) in [5.74, 6) is -0.209. The van der Waals surface area contributed by atoms with E-state index in [0.29, 0.717) is 28.0 Å². The number of rotatable bonds is 6. The average Bonchev–Trinajstić information content (AvgIpc) is 3.38. The number of nitrogens with zero attached hydrogens (tertiary/aromatic N) is 4. The molecule has 1 aromatic heterocycles. The lowest BCUT2D eigenvalue weighted by Gasteiger charge is -2.29. The second-order valence-electron chi connectivity index (χ2n) is 9.88. The molecular weight excluding hydrogens is 521 g/mol. The molecule has 40 heavy (non-hydrogen) atoms. The molecule has 11 heteroatoms. The van der Waals surface area contributed by atoms with Crippen LogP contribution >= 0.6 is 0 Å². The van der Waals surface area contributed by atoms with Crippen LogP contribution in [0.3, 0.4) is 0 Å². The van der Waals surface area contributed by atoms with E-state index in [1.165, 1.54) is 13.2 Å².